The van der Waals surface area contributed by atoms with E-state index in [0.29, 0.717) is 5.56 Å². The van der Waals surface area contributed by atoms with Gasteiger partial charge < -0.3 is 17.3 Å². The Labute approximate surface area is 106 Å². The van der Waals surface area contributed by atoms with Gasteiger partial charge in [-0.25, -0.2) is 0 Å². The Kier molecular flexibility index (Phi) is 4.49. The van der Waals surface area contributed by atoms with Gasteiger partial charge in [-0.3, -0.25) is 14.9 Å². The first-order valence-corrected chi connectivity index (χ1v) is 5.67. The average Bonchev–Trinajstić information content (AvgIpc) is 2.35. The Morgan fingerprint density at radius 2 is 2.11 bits per heavy atom. The quantitative estimate of drug-likeness (QED) is 0.232. The maximum atomic E-state index is 10.9. The fourth-order valence-corrected chi connectivity index (χ4v) is 1.82. The number of amidine groups is 1. The van der Waals surface area contributed by atoms with Crippen LogP contribution in [-0.4, -0.2) is 16.0 Å². The van der Waals surface area contributed by atoms with Crippen LogP contribution >= 0.6 is 11.8 Å². The molecule has 0 heterocycles. The highest BCUT2D eigenvalue weighted by molar-refractivity contribution is 8.13. The van der Waals surface area contributed by atoms with Gasteiger partial charge in [0.25, 0.3) is 5.69 Å². The molecule has 0 fully saturated rings. The lowest BCUT2D eigenvalue weighted by Gasteiger charge is -2.03. The summed E-state index contributed by atoms with van der Waals surface area (Å²) < 4.78 is 0. The van der Waals surface area contributed by atoms with Crippen LogP contribution in [0.25, 0.3) is 0 Å². The summed E-state index contributed by atoms with van der Waals surface area (Å²) in [5.41, 5.74) is 10.7. The van der Waals surface area contributed by atoms with Crippen LogP contribution in [0, 0.1) is 10.1 Å². The monoisotopic (exact) mass is 269 g/mol. The van der Waals surface area contributed by atoms with Crippen molar-refractivity contribution >= 4 is 28.5 Å². The third kappa shape index (κ3) is 3.35. The van der Waals surface area contributed by atoms with Gasteiger partial charge in [-0.15, -0.1) is 0 Å². The molecule has 0 aliphatic heterocycles. The van der Waals surface area contributed by atoms with E-state index in [1.807, 2.05) is 0 Å². The molecule has 1 aromatic rings. The third-order valence-corrected chi connectivity index (χ3v) is 2.93. The minimum absolute atomic E-state index is 0.0795. The smallest absolute Gasteiger partial charge is 0.274 e. The number of hydrogen-bond donors (Lipinski definition) is 3. The molecule has 96 valence electrons. The molecule has 9 heteroatoms. The largest absolute Gasteiger partial charge is 0.377 e. The number of amides is 1. The fraction of sp³-hybridized carbons (Fsp3) is 0.111. The van der Waals surface area contributed by atoms with E-state index in [4.69, 9.17) is 17.3 Å². The Morgan fingerprint density at radius 1 is 1.44 bits per heavy atom. The van der Waals surface area contributed by atoms with E-state index in [-0.39, 0.29) is 22.2 Å². The van der Waals surface area contributed by atoms with Crippen molar-refractivity contribution in [2.45, 2.75) is 5.75 Å². The minimum Gasteiger partial charge on any atom is -0.377 e. The maximum absolute atomic E-state index is 10.9. The Hall–Kier alpha value is -2.29. The second kappa shape index (κ2) is 5.87. The fourth-order valence-electron chi connectivity index (χ4n) is 1.20. The number of nitro benzene ring substituents is 1. The molecule has 0 aliphatic carbocycles. The summed E-state index contributed by atoms with van der Waals surface area (Å²) in [5.74, 6) is 4.45. The Balaban J connectivity index is 3.04. The molecule has 0 aliphatic rings. The van der Waals surface area contributed by atoms with Crippen LogP contribution in [0.3, 0.4) is 0 Å². The molecule has 0 atom stereocenters. The number of benzene rings is 1. The SMILES string of the molecule is NN=C(N)SCc1ccc(C(N)=O)cc1[N+](=O)[O-]. The zero-order chi connectivity index (χ0) is 13.7. The van der Waals surface area contributed by atoms with E-state index in [9.17, 15) is 14.9 Å². The molecule has 1 rings (SSSR count). The van der Waals surface area contributed by atoms with Gasteiger partial charge in [-0.05, 0) is 6.07 Å². The molecule has 8 nitrogen and oxygen atoms in total. The van der Waals surface area contributed by atoms with Gasteiger partial charge in [-0.1, -0.05) is 17.8 Å². The first kappa shape index (κ1) is 13.8. The highest BCUT2D eigenvalue weighted by atomic mass is 32.2. The summed E-state index contributed by atoms with van der Waals surface area (Å²) in [6, 6.07) is 4.00. The molecule has 0 aromatic heterocycles. The zero-order valence-electron chi connectivity index (χ0n) is 9.20. The first-order chi connectivity index (χ1) is 8.45. The van der Waals surface area contributed by atoms with E-state index in [0.717, 1.165) is 17.8 Å². The maximum Gasteiger partial charge on any atom is 0.274 e. The van der Waals surface area contributed by atoms with Crippen molar-refractivity contribution in [1.82, 2.24) is 0 Å². The van der Waals surface area contributed by atoms with Gasteiger partial charge in [0, 0.05) is 22.9 Å². The van der Waals surface area contributed by atoms with Crippen LogP contribution < -0.4 is 17.3 Å². The molecule has 0 radical (unpaired) electrons. The molecule has 1 aromatic carbocycles. The molecule has 1 amide bonds. The van der Waals surface area contributed by atoms with Gasteiger partial charge in [0.2, 0.25) is 5.91 Å². The molecular weight excluding hydrogens is 258 g/mol. The lowest BCUT2D eigenvalue weighted by molar-refractivity contribution is -0.385. The number of nitrogens with zero attached hydrogens (tertiary/aromatic N) is 2. The molecule has 6 N–H and O–H groups in total. The van der Waals surface area contributed by atoms with Crippen molar-refractivity contribution < 1.29 is 9.72 Å². The summed E-state index contributed by atoms with van der Waals surface area (Å²) >= 11 is 1.06. The van der Waals surface area contributed by atoms with Crippen LogP contribution in [0.4, 0.5) is 5.69 Å². The molecule has 0 spiro atoms. The highest BCUT2D eigenvalue weighted by Gasteiger charge is 2.16. The second-order valence-electron chi connectivity index (χ2n) is 3.22. The normalized spacial score (nSPS) is 11.2. The molecule has 18 heavy (non-hydrogen) atoms. The van der Waals surface area contributed by atoms with Gasteiger partial charge in [-0.2, -0.15) is 5.10 Å². The second-order valence-corrected chi connectivity index (χ2v) is 4.22. The Morgan fingerprint density at radius 3 is 2.61 bits per heavy atom. The standard InChI is InChI=1S/C9H11N5O3S/c10-8(15)5-1-2-6(4-18-9(11)13-12)7(3-5)14(16)17/h1-3H,4,12H2,(H2,10,15)(H2,11,13). The molecule has 0 bridgehead atoms. The third-order valence-electron chi connectivity index (χ3n) is 2.07. The van der Waals surface area contributed by atoms with Crippen molar-refractivity contribution in [2.75, 3.05) is 0 Å². The van der Waals surface area contributed by atoms with Gasteiger partial charge in [0.1, 0.15) is 0 Å². The van der Waals surface area contributed by atoms with Crippen molar-refractivity contribution in [3.63, 3.8) is 0 Å². The van der Waals surface area contributed by atoms with Gasteiger partial charge >= 0.3 is 0 Å². The van der Waals surface area contributed by atoms with Crippen LogP contribution in [0.2, 0.25) is 0 Å². The molecule has 0 saturated heterocycles. The van der Waals surface area contributed by atoms with Crippen LogP contribution in [0.15, 0.2) is 23.3 Å². The predicted octanol–water partition coefficient (Wildman–Crippen LogP) is 0.115. The molecule has 0 saturated carbocycles. The van der Waals surface area contributed by atoms with Crippen molar-refractivity contribution in [3.05, 3.63) is 39.4 Å². The summed E-state index contributed by atoms with van der Waals surface area (Å²) in [4.78, 5) is 21.2. The highest BCUT2D eigenvalue weighted by Crippen LogP contribution is 2.24. The van der Waals surface area contributed by atoms with E-state index < -0.39 is 10.8 Å². The average molecular weight is 269 g/mol. The Bertz CT molecular complexity index is 517. The first-order valence-electron chi connectivity index (χ1n) is 4.69. The molecule has 0 unspecified atom stereocenters. The van der Waals surface area contributed by atoms with Crippen molar-refractivity contribution in [3.8, 4) is 0 Å². The predicted molar refractivity (Wildman–Crippen MR) is 68.7 cm³/mol. The van der Waals surface area contributed by atoms with E-state index >= 15 is 0 Å². The van der Waals surface area contributed by atoms with E-state index in [2.05, 4.69) is 5.10 Å². The number of carbonyl (C=O) groups is 1. The number of rotatable bonds is 4. The minimum atomic E-state index is -0.722. The van der Waals surface area contributed by atoms with E-state index in [1.165, 1.54) is 12.1 Å². The summed E-state index contributed by atoms with van der Waals surface area (Å²) in [6.07, 6.45) is 0. The van der Waals surface area contributed by atoms with Crippen molar-refractivity contribution in [2.24, 2.45) is 22.4 Å². The number of hydrogen-bond acceptors (Lipinski definition) is 6. The number of primary amides is 1. The van der Waals surface area contributed by atoms with Gasteiger partial charge in [0.05, 0.1) is 4.92 Å². The van der Waals surface area contributed by atoms with Crippen molar-refractivity contribution in [1.29, 1.82) is 0 Å². The zero-order valence-corrected chi connectivity index (χ0v) is 10.0. The topological polar surface area (TPSA) is 151 Å². The number of nitro groups is 1. The number of carbonyl (C=O) groups excluding carboxylic acids is 1. The van der Waals surface area contributed by atoms with E-state index in [1.54, 1.807) is 0 Å². The summed E-state index contributed by atoms with van der Waals surface area (Å²) in [6.45, 7) is 0. The number of hydrazone groups is 1. The lowest BCUT2D eigenvalue weighted by atomic mass is 10.1. The van der Waals surface area contributed by atoms with Crippen LogP contribution in [0.5, 0.6) is 0 Å². The summed E-state index contributed by atoms with van der Waals surface area (Å²) in [5, 5.41) is 14.2. The molecular formula is C9H11N5O3S. The summed E-state index contributed by atoms with van der Waals surface area (Å²) in [7, 11) is 0. The van der Waals surface area contributed by atoms with Crippen LogP contribution in [0.1, 0.15) is 15.9 Å². The van der Waals surface area contributed by atoms with Gasteiger partial charge in [0.15, 0.2) is 5.17 Å². The number of nitrogens with two attached hydrogens (primary N) is 3. The van der Waals surface area contributed by atoms with Crippen LogP contribution in [-0.2, 0) is 5.75 Å². The lowest BCUT2D eigenvalue weighted by Crippen LogP contribution is -2.12. The number of thioether (sulfide) groups is 1.